The van der Waals surface area contributed by atoms with Crippen molar-refractivity contribution < 1.29 is 20.4 Å². The zero-order valence-corrected chi connectivity index (χ0v) is 40.1. The van der Waals surface area contributed by atoms with Crippen LogP contribution in [0.1, 0.15) is 285 Å². The molecule has 4 nitrogen and oxygen atoms in total. The van der Waals surface area contributed by atoms with Crippen molar-refractivity contribution in [3.05, 3.63) is 0 Å². The molecule has 0 aromatic carbocycles. The fourth-order valence-corrected chi connectivity index (χ4v) is 6.36. The van der Waals surface area contributed by atoms with E-state index in [1.807, 2.05) is 0 Å². The van der Waals surface area contributed by atoms with Gasteiger partial charge in [-0.2, -0.15) is 0 Å². The fraction of sp³-hybridized carbons (Fsp3) is 1.00. The molecule has 0 N–H and O–H groups in total. The van der Waals surface area contributed by atoms with Gasteiger partial charge < -0.3 is 20.4 Å². The molecule has 0 amide bonds. The normalized spacial score (nSPS) is 10.4. The van der Waals surface area contributed by atoms with Crippen LogP contribution in [0.3, 0.4) is 0 Å². The van der Waals surface area contributed by atoms with Gasteiger partial charge in [-0.1, -0.05) is 285 Å². The van der Waals surface area contributed by atoms with Gasteiger partial charge in [0, 0.05) is 0 Å². The molecule has 0 fully saturated rings. The van der Waals surface area contributed by atoms with Crippen LogP contribution in [0.4, 0.5) is 0 Å². The average Bonchev–Trinajstić information content (AvgIpc) is 3.16. The summed E-state index contributed by atoms with van der Waals surface area (Å²) in [6.07, 6.45) is 52.0. The van der Waals surface area contributed by atoms with Gasteiger partial charge in [0.1, 0.15) is 0 Å². The van der Waals surface area contributed by atoms with Crippen LogP contribution in [-0.2, 0) is 0 Å². The molecule has 0 aliphatic carbocycles. The van der Waals surface area contributed by atoms with E-state index in [9.17, 15) is 20.4 Å². The predicted molar refractivity (Wildman–Crippen MR) is 233 cm³/mol. The van der Waals surface area contributed by atoms with Crippen molar-refractivity contribution in [2.75, 3.05) is 26.4 Å². The Labute approximate surface area is 353 Å². The quantitative estimate of drug-likeness (QED) is 0.0453. The van der Waals surface area contributed by atoms with Crippen LogP contribution >= 0.6 is 0 Å². The van der Waals surface area contributed by atoms with E-state index >= 15 is 0 Å². The molecule has 0 saturated heterocycles. The number of hydrogen-bond acceptors (Lipinski definition) is 4. The first kappa shape index (κ1) is 62.8. The number of unbranched alkanes of at least 4 members (excludes halogenated alkanes) is 36. The summed E-state index contributed by atoms with van der Waals surface area (Å²) in [4.78, 5) is 0. The van der Waals surface area contributed by atoms with Crippen molar-refractivity contribution in [1.29, 1.82) is 0 Å². The largest absolute Gasteiger partial charge is 4.00 e. The maximum atomic E-state index is 10.1. The molecule has 320 valence electrons. The van der Waals surface area contributed by atoms with Crippen LogP contribution in [0.25, 0.3) is 0 Å². The fourth-order valence-electron chi connectivity index (χ4n) is 6.36. The van der Waals surface area contributed by atoms with E-state index in [4.69, 9.17) is 0 Å². The first-order valence-electron chi connectivity index (χ1n) is 24.0. The van der Waals surface area contributed by atoms with Gasteiger partial charge in [-0.25, -0.2) is 0 Å². The molecule has 0 aliphatic heterocycles. The van der Waals surface area contributed by atoms with Gasteiger partial charge in [-0.15, -0.1) is 26.4 Å². The molecule has 0 aromatic rings. The minimum absolute atomic E-state index is 0. The summed E-state index contributed by atoms with van der Waals surface area (Å²) in [5.41, 5.74) is 0. The third-order valence-corrected chi connectivity index (χ3v) is 9.99. The van der Waals surface area contributed by atoms with Crippen molar-refractivity contribution in [2.45, 2.75) is 285 Å². The van der Waals surface area contributed by atoms with E-state index in [2.05, 4.69) is 27.7 Å². The van der Waals surface area contributed by atoms with E-state index in [-0.39, 0.29) is 50.3 Å². The first-order chi connectivity index (χ1) is 25.7. The molecule has 0 rings (SSSR count). The van der Waals surface area contributed by atoms with E-state index < -0.39 is 0 Å². The summed E-state index contributed by atoms with van der Waals surface area (Å²) in [7, 11) is 0. The Bertz CT molecular complexity index is 380. The van der Waals surface area contributed by atoms with E-state index in [0.717, 1.165) is 51.4 Å². The monoisotopic (exact) mass is 861 g/mol. The van der Waals surface area contributed by atoms with Gasteiger partial charge in [0.15, 0.2) is 0 Å². The molecule has 0 heterocycles. The molecule has 0 bridgehead atoms. The Hall–Kier alpha value is 0.639. The molecular weight excluding hydrogens is 759 g/mol. The van der Waals surface area contributed by atoms with Crippen LogP contribution in [0.5, 0.6) is 0 Å². The summed E-state index contributed by atoms with van der Waals surface area (Å²) in [5, 5.41) is 40.5. The van der Waals surface area contributed by atoms with Crippen molar-refractivity contribution in [3.8, 4) is 0 Å². The maximum absolute atomic E-state index is 10.1. The minimum atomic E-state index is 0. The molecule has 0 radical (unpaired) electrons. The SMILES string of the molecule is CCCCCCCCCCCC[O-].CCCCCCCCCCCC[O-].CCCCCCCCCCCC[O-].CCCCCCCCCCCC[O-].[Sn+4]. The van der Waals surface area contributed by atoms with Gasteiger partial charge in [0.25, 0.3) is 0 Å². The summed E-state index contributed by atoms with van der Waals surface area (Å²) < 4.78 is 0. The Morgan fingerprint density at radius 3 is 0.358 bits per heavy atom. The zero-order chi connectivity index (χ0) is 39.1. The molecule has 0 saturated carbocycles. The Morgan fingerprint density at radius 1 is 0.170 bits per heavy atom. The van der Waals surface area contributed by atoms with Crippen LogP contribution in [-0.4, -0.2) is 50.3 Å². The van der Waals surface area contributed by atoms with Crippen LogP contribution in [0.15, 0.2) is 0 Å². The molecule has 0 spiro atoms. The van der Waals surface area contributed by atoms with E-state index in [1.165, 1.54) is 205 Å². The smallest absolute Gasteiger partial charge is 0.854 e. The van der Waals surface area contributed by atoms with Gasteiger partial charge in [-0.3, -0.25) is 0 Å². The second-order valence-electron chi connectivity index (χ2n) is 15.5. The molecule has 0 atom stereocenters. The summed E-state index contributed by atoms with van der Waals surface area (Å²) in [5.74, 6) is 0. The zero-order valence-electron chi connectivity index (χ0n) is 37.2. The molecule has 5 heteroatoms. The van der Waals surface area contributed by atoms with Crippen LogP contribution in [0, 0.1) is 0 Å². The first-order valence-corrected chi connectivity index (χ1v) is 24.0. The summed E-state index contributed by atoms with van der Waals surface area (Å²) >= 11 is 0. The molecule has 0 aliphatic rings. The van der Waals surface area contributed by atoms with Crippen molar-refractivity contribution in [2.24, 2.45) is 0 Å². The van der Waals surface area contributed by atoms with E-state index in [0.29, 0.717) is 0 Å². The standard InChI is InChI=1S/4C12H25O.Sn/c4*1-2-3-4-5-6-7-8-9-10-11-12-13;/h4*2-12H2,1H3;/q4*-1;+4. The predicted octanol–water partition coefficient (Wildman–Crippen LogP) is 12.7. The second kappa shape index (κ2) is 70.4. The van der Waals surface area contributed by atoms with Crippen molar-refractivity contribution >= 4 is 23.9 Å². The Morgan fingerprint density at radius 2 is 0.264 bits per heavy atom. The number of rotatable bonds is 40. The topological polar surface area (TPSA) is 92.2 Å². The second-order valence-corrected chi connectivity index (χ2v) is 15.5. The Kier molecular flexibility index (Phi) is 83.5. The molecule has 0 aromatic heterocycles. The molecular formula is C48H100O4Sn. The van der Waals surface area contributed by atoms with Crippen molar-refractivity contribution in [3.63, 3.8) is 0 Å². The average molecular weight is 860 g/mol. The molecule has 0 unspecified atom stereocenters. The van der Waals surface area contributed by atoms with Gasteiger partial charge in [-0.05, 0) is 0 Å². The third kappa shape index (κ3) is 81.7. The van der Waals surface area contributed by atoms with Crippen LogP contribution in [0.2, 0.25) is 0 Å². The number of hydrogen-bond donors (Lipinski definition) is 0. The minimum Gasteiger partial charge on any atom is -0.854 e. The summed E-state index contributed by atoms with van der Waals surface area (Å²) in [6, 6.07) is 0. The Balaban J connectivity index is -0.000000192. The third-order valence-electron chi connectivity index (χ3n) is 9.99. The van der Waals surface area contributed by atoms with Gasteiger partial charge in [0.2, 0.25) is 0 Å². The van der Waals surface area contributed by atoms with Crippen LogP contribution < -0.4 is 20.4 Å². The van der Waals surface area contributed by atoms with Gasteiger partial charge in [0.05, 0.1) is 0 Å². The maximum Gasteiger partial charge on any atom is 4.00 e. The summed E-state index contributed by atoms with van der Waals surface area (Å²) in [6.45, 7) is 9.50. The van der Waals surface area contributed by atoms with Gasteiger partial charge >= 0.3 is 23.9 Å². The molecule has 53 heavy (non-hydrogen) atoms. The van der Waals surface area contributed by atoms with Crippen molar-refractivity contribution in [1.82, 2.24) is 0 Å². The van der Waals surface area contributed by atoms with E-state index in [1.54, 1.807) is 0 Å².